The van der Waals surface area contributed by atoms with E-state index < -0.39 is 0 Å². The first kappa shape index (κ1) is 16.6. The maximum atomic E-state index is 6.04. The van der Waals surface area contributed by atoms with E-state index in [4.69, 9.17) is 11.5 Å². The first-order valence-corrected chi connectivity index (χ1v) is 6.99. The van der Waals surface area contributed by atoms with Crippen LogP contribution >= 0.6 is 0 Å². The molecule has 0 saturated carbocycles. The van der Waals surface area contributed by atoms with Gasteiger partial charge >= 0.3 is 0 Å². The molecule has 4 N–H and O–H groups in total. The molecule has 0 aliphatic carbocycles. The van der Waals surface area contributed by atoms with Crippen molar-refractivity contribution in [3.8, 4) is 0 Å². The lowest BCUT2D eigenvalue weighted by Gasteiger charge is -2.30. The highest BCUT2D eigenvalue weighted by Gasteiger charge is 2.23. The van der Waals surface area contributed by atoms with Crippen molar-refractivity contribution in [1.82, 2.24) is 0 Å². The Labute approximate surface area is 141 Å². The molecule has 1 unspecified atom stereocenters. The van der Waals surface area contributed by atoms with Gasteiger partial charge in [0.2, 0.25) is 11.9 Å². The maximum absolute atomic E-state index is 6.04. The number of benzene rings is 2. The van der Waals surface area contributed by atoms with Crippen molar-refractivity contribution in [2.75, 3.05) is 4.90 Å². The molecule has 0 amide bonds. The van der Waals surface area contributed by atoms with Crippen molar-refractivity contribution in [2.45, 2.75) is 6.17 Å². The Bertz CT molecular complexity index is 725. The topological polar surface area (TPSA) is 80.0 Å². The molecule has 1 heterocycles. The van der Waals surface area contributed by atoms with Gasteiger partial charge in [0.25, 0.3) is 0 Å². The van der Waals surface area contributed by atoms with Gasteiger partial charge in [0.1, 0.15) is 0 Å². The van der Waals surface area contributed by atoms with E-state index in [-0.39, 0.29) is 24.5 Å². The van der Waals surface area contributed by atoms with Gasteiger partial charge in [-0.05, 0) is 23.8 Å². The minimum atomic E-state index is -0.319. The van der Waals surface area contributed by atoms with E-state index in [0.717, 1.165) is 11.3 Å². The fraction of sp³-hybridized carbons (Fsp3) is 0.0588. The highest BCUT2D eigenvalue weighted by atomic mass is 35.5. The third-order valence-electron chi connectivity index (χ3n) is 3.30. The van der Waals surface area contributed by atoms with Gasteiger partial charge in [0.05, 0.1) is 0 Å². The maximum Gasteiger partial charge on any atom is 0.220 e. The number of aliphatic imine (C=N–C) groups is 2. The monoisotopic (exact) mass is 326 g/mol. The average molecular weight is 327 g/mol. The van der Waals surface area contributed by atoms with Crippen LogP contribution in [0.3, 0.4) is 0 Å². The molecule has 5 nitrogen and oxygen atoms in total. The summed E-state index contributed by atoms with van der Waals surface area (Å²) in [5.74, 6) is 0.522. The fourth-order valence-corrected chi connectivity index (χ4v) is 2.29. The zero-order valence-corrected chi connectivity index (χ0v) is 13.1. The fourth-order valence-electron chi connectivity index (χ4n) is 2.29. The molecule has 3 rings (SSSR count). The summed E-state index contributed by atoms with van der Waals surface area (Å²) in [5.41, 5.74) is 13.8. The number of anilines is 1. The van der Waals surface area contributed by atoms with Gasteiger partial charge in [-0.25, -0.2) is 4.99 Å². The first-order valence-electron chi connectivity index (χ1n) is 6.99. The predicted molar refractivity (Wildman–Crippen MR) is 91.4 cm³/mol. The molecule has 0 fully saturated rings. The lowest BCUT2D eigenvalue weighted by molar-refractivity contribution is -0.00000473. The zero-order valence-electron chi connectivity index (χ0n) is 12.4. The summed E-state index contributed by atoms with van der Waals surface area (Å²) in [6.45, 7) is 0. The van der Waals surface area contributed by atoms with Crippen molar-refractivity contribution in [3.05, 3.63) is 72.3 Å². The van der Waals surface area contributed by atoms with E-state index in [1.807, 2.05) is 77.7 Å². The van der Waals surface area contributed by atoms with Crippen LogP contribution in [0.2, 0.25) is 0 Å². The Hall–Kier alpha value is -2.79. The van der Waals surface area contributed by atoms with E-state index >= 15 is 0 Å². The normalized spacial score (nSPS) is 17.4. The second kappa shape index (κ2) is 7.47. The number of para-hydroxylation sites is 1. The largest absolute Gasteiger partial charge is 1.00 e. The Morgan fingerprint density at radius 3 is 2.17 bits per heavy atom. The van der Waals surface area contributed by atoms with Crippen LogP contribution in [0, 0.1) is 0 Å². The molecule has 0 saturated heterocycles. The van der Waals surface area contributed by atoms with Crippen LogP contribution in [0.15, 0.2) is 76.7 Å². The van der Waals surface area contributed by atoms with E-state index in [2.05, 4.69) is 9.98 Å². The second-order valence-corrected chi connectivity index (χ2v) is 4.85. The van der Waals surface area contributed by atoms with Gasteiger partial charge in [-0.15, -0.1) is 0 Å². The molecule has 2 aromatic rings. The number of nitrogens with two attached hydrogens (primary N) is 2. The first-order chi connectivity index (χ1) is 10.7. The Morgan fingerprint density at radius 2 is 1.52 bits per heavy atom. The Balaban J connectivity index is 0.00000192. The second-order valence-electron chi connectivity index (χ2n) is 4.85. The third-order valence-corrected chi connectivity index (χ3v) is 3.30. The summed E-state index contributed by atoms with van der Waals surface area (Å²) in [6.07, 6.45) is 3.63. The molecular formula is C17H17ClN5-. The van der Waals surface area contributed by atoms with E-state index in [1.165, 1.54) is 0 Å². The van der Waals surface area contributed by atoms with Gasteiger partial charge in [0.15, 0.2) is 6.17 Å². The summed E-state index contributed by atoms with van der Waals surface area (Å²) in [6, 6.07) is 19.8. The molecule has 23 heavy (non-hydrogen) atoms. The van der Waals surface area contributed by atoms with Crippen LogP contribution < -0.4 is 28.8 Å². The minimum absolute atomic E-state index is 0. The van der Waals surface area contributed by atoms with Gasteiger partial charge in [0, 0.05) is 5.69 Å². The van der Waals surface area contributed by atoms with E-state index in [0.29, 0.717) is 5.96 Å². The molecule has 0 bridgehead atoms. The summed E-state index contributed by atoms with van der Waals surface area (Å²) in [4.78, 5) is 10.3. The van der Waals surface area contributed by atoms with Crippen molar-refractivity contribution in [1.29, 1.82) is 0 Å². The Morgan fingerprint density at radius 1 is 0.913 bits per heavy atom. The highest BCUT2D eigenvalue weighted by molar-refractivity contribution is 6.05. The molecule has 0 aromatic heterocycles. The molecule has 1 aliphatic rings. The summed E-state index contributed by atoms with van der Waals surface area (Å²) >= 11 is 0. The minimum Gasteiger partial charge on any atom is -1.00 e. The number of nitrogens with zero attached hydrogens (tertiary/aromatic N) is 3. The average Bonchev–Trinajstić information content (AvgIpc) is 2.54. The van der Waals surface area contributed by atoms with Gasteiger partial charge in [-0.2, -0.15) is 4.99 Å². The molecule has 2 aromatic carbocycles. The van der Waals surface area contributed by atoms with E-state index in [9.17, 15) is 0 Å². The summed E-state index contributed by atoms with van der Waals surface area (Å²) in [7, 11) is 0. The third kappa shape index (κ3) is 3.90. The highest BCUT2D eigenvalue weighted by Crippen LogP contribution is 2.20. The van der Waals surface area contributed by atoms with E-state index in [1.54, 1.807) is 0 Å². The van der Waals surface area contributed by atoms with Crippen LogP contribution in [0.25, 0.3) is 6.08 Å². The zero-order chi connectivity index (χ0) is 15.4. The SMILES string of the molecule is NC1=NC(/C=C/c2ccccc2)N(c2ccccc2)C(N)=N1.[Cl-]. The van der Waals surface area contributed by atoms with Crippen LogP contribution in [0.4, 0.5) is 5.69 Å². The van der Waals surface area contributed by atoms with Gasteiger partial charge in [-0.3, -0.25) is 4.90 Å². The standard InChI is InChI=1S/C17H17N5.ClH/c18-16-20-15(12-11-13-7-3-1-4-8-13)22(17(19)21-16)14-9-5-2-6-10-14;/h1-12,15H,(H4,18,19,20,21);1H/p-1/b12-11+;. The van der Waals surface area contributed by atoms with Crippen LogP contribution in [0.1, 0.15) is 5.56 Å². The molecule has 118 valence electrons. The molecule has 1 aliphatic heterocycles. The van der Waals surface area contributed by atoms with Crippen LogP contribution in [-0.2, 0) is 0 Å². The number of hydrogen-bond acceptors (Lipinski definition) is 5. The molecular weight excluding hydrogens is 310 g/mol. The predicted octanol–water partition coefficient (Wildman–Crippen LogP) is -0.820. The quantitative estimate of drug-likeness (QED) is 0.773. The lowest BCUT2D eigenvalue weighted by atomic mass is 10.2. The number of guanidine groups is 2. The van der Waals surface area contributed by atoms with Crippen molar-refractivity contribution < 1.29 is 12.4 Å². The lowest BCUT2D eigenvalue weighted by Crippen LogP contribution is -3.00. The van der Waals surface area contributed by atoms with Crippen LogP contribution in [0.5, 0.6) is 0 Å². The molecule has 0 spiro atoms. The number of hydrogen-bond donors (Lipinski definition) is 2. The molecule has 1 atom stereocenters. The van der Waals surface area contributed by atoms with Crippen molar-refractivity contribution >= 4 is 23.7 Å². The number of halogens is 1. The smallest absolute Gasteiger partial charge is 0.220 e. The number of rotatable bonds is 3. The molecule has 6 heteroatoms. The summed E-state index contributed by atoms with van der Waals surface area (Å²) in [5, 5.41) is 0. The van der Waals surface area contributed by atoms with Crippen LogP contribution in [-0.4, -0.2) is 18.1 Å². The molecule has 0 radical (unpaired) electrons. The summed E-state index contributed by atoms with van der Waals surface area (Å²) < 4.78 is 0. The van der Waals surface area contributed by atoms with Gasteiger partial charge < -0.3 is 23.9 Å². The Kier molecular flexibility index (Phi) is 5.38. The van der Waals surface area contributed by atoms with Gasteiger partial charge in [-0.1, -0.05) is 54.6 Å². The van der Waals surface area contributed by atoms with Crippen molar-refractivity contribution in [3.63, 3.8) is 0 Å². The van der Waals surface area contributed by atoms with Crippen molar-refractivity contribution in [2.24, 2.45) is 21.5 Å².